The summed E-state index contributed by atoms with van der Waals surface area (Å²) in [5, 5.41) is 0. The minimum atomic E-state index is 0.249. The molecule has 0 unspecified atom stereocenters. The van der Waals surface area contributed by atoms with Crippen molar-refractivity contribution < 1.29 is 0 Å². The van der Waals surface area contributed by atoms with E-state index in [1.807, 2.05) is 0 Å². The minimum Gasteiger partial charge on any atom is -0.372 e. The third-order valence-corrected chi connectivity index (χ3v) is 3.26. The van der Waals surface area contributed by atoms with Crippen molar-refractivity contribution in [2.24, 2.45) is 0 Å². The lowest BCUT2D eigenvalue weighted by Crippen LogP contribution is -2.23. The molecular weight excluding hydrogens is 206 g/mol. The van der Waals surface area contributed by atoms with Crippen LogP contribution in [0.5, 0.6) is 0 Å². The highest BCUT2D eigenvalue weighted by Crippen LogP contribution is 2.25. The maximum Gasteiger partial charge on any atom is 0.0366 e. The lowest BCUT2D eigenvalue weighted by atomic mass is 9.87. The van der Waals surface area contributed by atoms with Gasteiger partial charge in [0, 0.05) is 18.8 Å². The van der Waals surface area contributed by atoms with Crippen molar-refractivity contribution in [3.8, 4) is 0 Å². The summed E-state index contributed by atoms with van der Waals surface area (Å²) in [7, 11) is 0. The van der Waals surface area contributed by atoms with Gasteiger partial charge in [0.2, 0.25) is 0 Å². The number of rotatable bonds is 5. The van der Waals surface area contributed by atoms with E-state index in [1.54, 1.807) is 0 Å². The zero-order valence-electron chi connectivity index (χ0n) is 12.1. The Balaban J connectivity index is 2.78. The lowest BCUT2D eigenvalue weighted by Gasteiger charge is -2.25. The number of unbranched alkanes of at least 4 members (excludes halogenated alkanes) is 1. The van der Waals surface area contributed by atoms with E-state index >= 15 is 0 Å². The highest BCUT2D eigenvalue weighted by atomic mass is 15.1. The van der Waals surface area contributed by atoms with Crippen molar-refractivity contribution in [3.05, 3.63) is 29.8 Å². The average molecular weight is 233 g/mol. The van der Waals surface area contributed by atoms with Crippen LogP contribution < -0.4 is 4.90 Å². The first-order chi connectivity index (χ1) is 7.99. The molecule has 17 heavy (non-hydrogen) atoms. The van der Waals surface area contributed by atoms with Crippen LogP contribution >= 0.6 is 0 Å². The third kappa shape index (κ3) is 4.07. The molecule has 0 aliphatic rings. The van der Waals surface area contributed by atoms with Crippen molar-refractivity contribution in [2.45, 2.75) is 52.9 Å². The highest BCUT2D eigenvalue weighted by Gasteiger charge is 2.13. The fourth-order valence-electron chi connectivity index (χ4n) is 1.99. The van der Waals surface area contributed by atoms with Crippen LogP contribution in [0.25, 0.3) is 0 Å². The average Bonchev–Trinajstić information content (AvgIpc) is 2.29. The van der Waals surface area contributed by atoms with E-state index in [-0.39, 0.29) is 5.41 Å². The van der Waals surface area contributed by atoms with Crippen LogP contribution in [0.3, 0.4) is 0 Å². The number of hydrogen-bond donors (Lipinski definition) is 0. The molecule has 0 aliphatic heterocycles. The summed E-state index contributed by atoms with van der Waals surface area (Å²) < 4.78 is 0. The monoisotopic (exact) mass is 233 g/mol. The van der Waals surface area contributed by atoms with Gasteiger partial charge in [-0.1, -0.05) is 46.2 Å². The normalized spacial score (nSPS) is 11.6. The second-order valence-electron chi connectivity index (χ2n) is 5.73. The van der Waals surface area contributed by atoms with Crippen molar-refractivity contribution in [1.29, 1.82) is 0 Å². The van der Waals surface area contributed by atoms with Crippen LogP contribution in [0, 0.1) is 0 Å². The summed E-state index contributed by atoms with van der Waals surface area (Å²) >= 11 is 0. The maximum atomic E-state index is 2.45. The molecule has 0 bridgehead atoms. The van der Waals surface area contributed by atoms with Gasteiger partial charge in [-0.15, -0.1) is 0 Å². The van der Waals surface area contributed by atoms with Gasteiger partial charge in [-0.25, -0.2) is 0 Å². The van der Waals surface area contributed by atoms with Gasteiger partial charge in [0.05, 0.1) is 0 Å². The summed E-state index contributed by atoms with van der Waals surface area (Å²) in [6.07, 6.45) is 2.53. The zero-order chi connectivity index (χ0) is 12.9. The molecule has 0 radical (unpaired) electrons. The molecule has 0 fully saturated rings. The number of nitrogens with zero attached hydrogens (tertiary/aromatic N) is 1. The molecule has 0 N–H and O–H groups in total. The quantitative estimate of drug-likeness (QED) is 0.718. The SMILES string of the molecule is CCCCN(CC)c1ccc(C(C)(C)C)cc1. The van der Waals surface area contributed by atoms with E-state index in [0.29, 0.717) is 0 Å². The molecule has 1 aromatic carbocycles. The van der Waals surface area contributed by atoms with Gasteiger partial charge < -0.3 is 4.90 Å². The van der Waals surface area contributed by atoms with Crippen LogP contribution in [0.4, 0.5) is 5.69 Å². The lowest BCUT2D eigenvalue weighted by molar-refractivity contribution is 0.590. The molecule has 1 heteroatoms. The molecule has 1 aromatic rings. The van der Waals surface area contributed by atoms with Crippen molar-refractivity contribution in [1.82, 2.24) is 0 Å². The highest BCUT2D eigenvalue weighted by molar-refractivity contribution is 5.48. The van der Waals surface area contributed by atoms with Crippen LogP contribution in [0.15, 0.2) is 24.3 Å². The van der Waals surface area contributed by atoms with E-state index < -0.39 is 0 Å². The number of anilines is 1. The molecule has 0 saturated carbocycles. The first-order valence-corrected chi connectivity index (χ1v) is 6.84. The second kappa shape index (κ2) is 6.09. The van der Waals surface area contributed by atoms with Gasteiger partial charge in [-0.2, -0.15) is 0 Å². The Hall–Kier alpha value is -0.980. The summed E-state index contributed by atoms with van der Waals surface area (Å²) in [5.74, 6) is 0. The van der Waals surface area contributed by atoms with Crippen molar-refractivity contribution >= 4 is 5.69 Å². The summed E-state index contributed by atoms with van der Waals surface area (Å²) in [5.41, 5.74) is 3.01. The largest absolute Gasteiger partial charge is 0.372 e. The van der Waals surface area contributed by atoms with Crippen molar-refractivity contribution in [3.63, 3.8) is 0 Å². The molecule has 0 atom stereocenters. The number of benzene rings is 1. The molecule has 96 valence electrons. The van der Waals surface area contributed by atoms with Crippen LogP contribution in [-0.4, -0.2) is 13.1 Å². The molecule has 1 nitrogen and oxygen atoms in total. The van der Waals surface area contributed by atoms with Gasteiger partial charge in [0.25, 0.3) is 0 Å². The van der Waals surface area contributed by atoms with Gasteiger partial charge in [0.1, 0.15) is 0 Å². The van der Waals surface area contributed by atoms with Crippen LogP contribution in [-0.2, 0) is 5.41 Å². The van der Waals surface area contributed by atoms with Gasteiger partial charge >= 0.3 is 0 Å². The summed E-state index contributed by atoms with van der Waals surface area (Å²) in [4.78, 5) is 2.45. The Morgan fingerprint density at radius 2 is 1.59 bits per heavy atom. The van der Waals surface area contributed by atoms with E-state index in [2.05, 4.69) is 63.8 Å². The topological polar surface area (TPSA) is 3.24 Å². The minimum absolute atomic E-state index is 0.249. The molecule has 0 amide bonds. The Morgan fingerprint density at radius 1 is 1.00 bits per heavy atom. The first kappa shape index (κ1) is 14.1. The molecular formula is C16H27N. The van der Waals surface area contributed by atoms with Gasteiger partial charge in [0.15, 0.2) is 0 Å². The molecule has 0 saturated heterocycles. The van der Waals surface area contributed by atoms with E-state index in [1.165, 1.54) is 30.6 Å². The van der Waals surface area contributed by atoms with E-state index in [9.17, 15) is 0 Å². The molecule has 0 aromatic heterocycles. The van der Waals surface area contributed by atoms with Crippen LogP contribution in [0.1, 0.15) is 53.0 Å². The van der Waals surface area contributed by atoms with E-state index in [4.69, 9.17) is 0 Å². The second-order valence-corrected chi connectivity index (χ2v) is 5.73. The maximum absolute atomic E-state index is 2.45. The molecule has 0 heterocycles. The van der Waals surface area contributed by atoms with Gasteiger partial charge in [-0.05, 0) is 36.5 Å². The zero-order valence-corrected chi connectivity index (χ0v) is 12.1. The van der Waals surface area contributed by atoms with Gasteiger partial charge in [-0.3, -0.25) is 0 Å². The standard InChI is InChI=1S/C16H27N/c1-6-8-13-17(7-2)15-11-9-14(10-12-15)16(3,4)5/h9-12H,6-8,13H2,1-5H3. The summed E-state index contributed by atoms with van der Waals surface area (Å²) in [6.45, 7) is 13.5. The molecule has 0 spiro atoms. The summed E-state index contributed by atoms with van der Waals surface area (Å²) in [6, 6.07) is 9.06. The van der Waals surface area contributed by atoms with E-state index in [0.717, 1.165) is 6.54 Å². The Bertz CT molecular complexity index is 318. The fourth-order valence-corrected chi connectivity index (χ4v) is 1.99. The Morgan fingerprint density at radius 3 is 2.00 bits per heavy atom. The van der Waals surface area contributed by atoms with Crippen LogP contribution in [0.2, 0.25) is 0 Å². The molecule has 0 aliphatic carbocycles. The third-order valence-electron chi connectivity index (χ3n) is 3.26. The Labute approximate surface area is 107 Å². The van der Waals surface area contributed by atoms with Crippen molar-refractivity contribution in [2.75, 3.05) is 18.0 Å². The predicted octanol–water partition coefficient (Wildman–Crippen LogP) is 4.61. The first-order valence-electron chi connectivity index (χ1n) is 6.84. The molecule has 1 rings (SSSR count). The smallest absolute Gasteiger partial charge is 0.0366 e. The Kier molecular flexibility index (Phi) is 5.04. The number of hydrogen-bond acceptors (Lipinski definition) is 1. The predicted molar refractivity (Wildman–Crippen MR) is 77.9 cm³/mol. The fraction of sp³-hybridized carbons (Fsp3) is 0.625.